The van der Waals surface area contributed by atoms with Gasteiger partial charge in [0.15, 0.2) is 6.29 Å². The molecule has 0 saturated heterocycles. The van der Waals surface area contributed by atoms with Crippen molar-refractivity contribution in [3.05, 3.63) is 63.2 Å². The highest BCUT2D eigenvalue weighted by atomic mass is 19.1. The summed E-state index contributed by atoms with van der Waals surface area (Å²) in [6, 6.07) is 6.76. The number of nitro groups is 1. The van der Waals surface area contributed by atoms with Crippen LogP contribution in [0, 0.1) is 22.9 Å². The van der Waals surface area contributed by atoms with E-state index in [1.165, 1.54) is 6.07 Å². The summed E-state index contributed by atoms with van der Waals surface area (Å²) in [6.45, 7) is 1.71. The Hall–Kier alpha value is -2.83. The minimum Gasteiger partial charge on any atom is -0.487 e. The third-order valence-electron chi connectivity index (χ3n) is 2.74. The molecule has 6 nitrogen and oxygen atoms in total. The number of rotatable bonds is 5. The predicted molar refractivity (Wildman–Crippen MR) is 71.7 cm³/mol. The van der Waals surface area contributed by atoms with Crippen LogP contribution >= 0.6 is 0 Å². The summed E-state index contributed by atoms with van der Waals surface area (Å²) in [5, 5.41) is 10.5. The average molecular weight is 290 g/mol. The van der Waals surface area contributed by atoms with Gasteiger partial charge in [0.2, 0.25) is 5.82 Å². The van der Waals surface area contributed by atoms with Crippen LogP contribution in [-0.2, 0) is 6.61 Å². The Morgan fingerprint density at radius 3 is 2.76 bits per heavy atom. The van der Waals surface area contributed by atoms with E-state index in [-0.39, 0.29) is 18.1 Å². The molecule has 0 radical (unpaired) electrons. The van der Waals surface area contributed by atoms with Crippen molar-refractivity contribution in [2.75, 3.05) is 0 Å². The minimum absolute atomic E-state index is 0.0273. The van der Waals surface area contributed by atoms with Gasteiger partial charge in [0, 0.05) is 11.8 Å². The van der Waals surface area contributed by atoms with E-state index >= 15 is 0 Å². The van der Waals surface area contributed by atoms with Crippen LogP contribution in [0.4, 0.5) is 10.1 Å². The molecule has 2 aromatic rings. The molecule has 1 heterocycles. The Morgan fingerprint density at radius 1 is 1.38 bits per heavy atom. The highest BCUT2D eigenvalue weighted by molar-refractivity contribution is 5.76. The van der Waals surface area contributed by atoms with Gasteiger partial charge in [-0.2, -0.15) is 4.39 Å². The molecular formula is C14H11FN2O4. The molecule has 7 heteroatoms. The van der Waals surface area contributed by atoms with Gasteiger partial charge < -0.3 is 4.74 Å². The van der Waals surface area contributed by atoms with Crippen LogP contribution in [0.2, 0.25) is 0 Å². The van der Waals surface area contributed by atoms with Gasteiger partial charge in [0.1, 0.15) is 18.1 Å². The summed E-state index contributed by atoms with van der Waals surface area (Å²) >= 11 is 0. The number of ether oxygens (including phenoxy) is 1. The largest absolute Gasteiger partial charge is 0.487 e. The first-order chi connectivity index (χ1) is 10.0. The van der Waals surface area contributed by atoms with Crippen molar-refractivity contribution >= 4 is 12.0 Å². The molecule has 108 valence electrons. The summed E-state index contributed by atoms with van der Waals surface area (Å²) in [4.78, 5) is 24.6. The van der Waals surface area contributed by atoms with E-state index in [0.717, 1.165) is 12.1 Å². The summed E-state index contributed by atoms with van der Waals surface area (Å²) in [7, 11) is 0. The SMILES string of the molecule is Cc1ccc(OCc2ccc([N+](=O)[O-])c(F)c2)c(C=O)n1. The van der Waals surface area contributed by atoms with Gasteiger partial charge in [0.25, 0.3) is 0 Å². The Balaban J connectivity index is 2.15. The molecule has 0 aliphatic carbocycles. The summed E-state index contributed by atoms with van der Waals surface area (Å²) in [5.41, 5.74) is 0.642. The topological polar surface area (TPSA) is 82.3 Å². The van der Waals surface area contributed by atoms with Gasteiger partial charge >= 0.3 is 5.69 Å². The lowest BCUT2D eigenvalue weighted by atomic mass is 10.2. The maximum absolute atomic E-state index is 13.5. The molecule has 0 fully saturated rings. The smallest absolute Gasteiger partial charge is 0.304 e. The first kappa shape index (κ1) is 14.6. The molecule has 21 heavy (non-hydrogen) atoms. The lowest BCUT2D eigenvalue weighted by Crippen LogP contribution is -2.02. The lowest BCUT2D eigenvalue weighted by Gasteiger charge is -2.08. The van der Waals surface area contributed by atoms with E-state index in [1.54, 1.807) is 19.1 Å². The molecule has 0 unspecified atom stereocenters. The number of pyridine rings is 1. The van der Waals surface area contributed by atoms with Gasteiger partial charge in [-0.15, -0.1) is 0 Å². The molecule has 0 N–H and O–H groups in total. The molecule has 0 amide bonds. The maximum Gasteiger partial charge on any atom is 0.304 e. The van der Waals surface area contributed by atoms with Crippen LogP contribution < -0.4 is 4.74 Å². The van der Waals surface area contributed by atoms with Crippen LogP contribution in [0.1, 0.15) is 21.7 Å². The molecule has 0 aliphatic rings. The second-order valence-corrected chi connectivity index (χ2v) is 4.29. The predicted octanol–water partition coefficient (Wildman–Crippen LogP) is 2.83. The fourth-order valence-electron chi connectivity index (χ4n) is 1.72. The van der Waals surface area contributed by atoms with E-state index in [4.69, 9.17) is 4.74 Å². The van der Waals surface area contributed by atoms with Gasteiger partial charge in [-0.25, -0.2) is 4.98 Å². The Morgan fingerprint density at radius 2 is 2.14 bits per heavy atom. The Kier molecular flexibility index (Phi) is 4.22. The normalized spacial score (nSPS) is 10.2. The number of carbonyl (C=O) groups is 1. The van der Waals surface area contributed by atoms with Gasteiger partial charge in [-0.3, -0.25) is 14.9 Å². The van der Waals surface area contributed by atoms with Crippen molar-refractivity contribution < 1.29 is 18.8 Å². The number of benzene rings is 1. The van der Waals surface area contributed by atoms with Crippen LogP contribution in [0.25, 0.3) is 0 Å². The van der Waals surface area contributed by atoms with E-state index in [1.807, 2.05) is 0 Å². The summed E-state index contributed by atoms with van der Waals surface area (Å²) in [5.74, 6) is -0.659. The Labute approximate surface area is 119 Å². The van der Waals surface area contributed by atoms with E-state index in [2.05, 4.69) is 4.98 Å². The molecule has 0 atom stereocenters. The van der Waals surface area contributed by atoms with Crippen LogP contribution in [0.3, 0.4) is 0 Å². The van der Waals surface area contributed by atoms with Crippen molar-refractivity contribution in [1.82, 2.24) is 4.98 Å². The minimum atomic E-state index is -0.932. The average Bonchev–Trinajstić information content (AvgIpc) is 2.45. The summed E-state index contributed by atoms with van der Waals surface area (Å²) in [6.07, 6.45) is 0.568. The maximum atomic E-state index is 13.5. The van der Waals surface area contributed by atoms with Crippen molar-refractivity contribution in [3.63, 3.8) is 0 Å². The lowest BCUT2D eigenvalue weighted by molar-refractivity contribution is -0.387. The number of hydrogen-bond acceptors (Lipinski definition) is 5. The van der Waals surface area contributed by atoms with Gasteiger partial charge in [-0.05, 0) is 36.8 Å². The van der Waals surface area contributed by atoms with Crippen LogP contribution in [0.15, 0.2) is 30.3 Å². The number of aromatic nitrogens is 1. The highest BCUT2D eigenvalue weighted by Crippen LogP contribution is 2.20. The Bertz CT molecular complexity index is 703. The van der Waals surface area contributed by atoms with Crippen molar-refractivity contribution in [1.29, 1.82) is 0 Å². The zero-order chi connectivity index (χ0) is 15.4. The molecular weight excluding hydrogens is 279 g/mol. The van der Waals surface area contributed by atoms with Crippen LogP contribution in [0.5, 0.6) is 5.75 Å². The monoisotopic (exact) mass is 290 g/mol. The second-order valence-electron chi connectivity index (χ2n) is 4.29. The first-order valence-corrected chi connectivity index (χ1v) is 5.99. The summed E-state index contributed by atoms with van der Waals surface area (Å²) < 4.78 is 18.9. The molecule has 1 aromatic carbocycles. The van der Waals surface area contributed by atoms with Crippen molar-refractivity contribution in [2.24, 2.45) is 0 Å². The fourth-order valence-corrected chi connectivity index (χ4v) is 1.72. The van der Waals surface area contributed by atoms with E-state index in [9.17, 15) is 19.3 Å². The fraction of sp³-hybridized carbons (Fsp3) is 0.143. The number of aryl methyl sites for hydroxylation is 1. The standard InChI is InChI=1S/C14H11FN2O4/c1-9-2-5-14(12(7-18)16-9)21-8-10-3-4-13(17(19)20)11(15)6-10/h2-7H,8H2,1H3. The molecule has 0 saturated carbocycles. The molecule has 0 aliphatic heterocycles. The third-order valence-corrected chi connectivity index (χ3v) is 2.74. The number of carbonyl (C=O) groups excluding carboxylic acids is 1. The number of nitrogens with zero attached hydrogens (tertiary/aromatic N) is 2. The zero-order valence-corrected chi connectivity index (χ0v) is 11.1. The quantitative estimate of drug-likeness (QED) is 0.480. The van der Waals surface area contributed by atoms with Gasteiger partial charge in [0.05, 0.1) is 4.92 Å². The molecule has 1 aromatic heterocycles. The first-order valence-electron chi connectivity index (χ1n) is 5.99. The molecule has 2 rings (SSSR count). The van der Waals surface area contributed by atoms with Crippen molar-refractivity contribution in [3.8, 4) is 5.75 Å². The van der Waals surface area contributed by atoms with Gasteiger partial charge in [-0.1, -0.05) is 0 Å². The second kappa shape index (κ2) is 6.08. The van der Waals surface area contributed by atoms with Crippen molar-refractivity contribution in [2.45, 2.75) is 13.5 Å². The number of nitro benzene ring substituents is 1. The number of halogens is 1. The highest BCUT2D eigenvalue weighted by Gasteiger charge is 2.14. The number of hydrogen-bond donors (Lipinski definition) is 0. The molecule has 0 bridgehead atoms. The number of aldehydes is 1. The third kappa shape index (κ3) is 3.38. The van der Waals surface area contributed by atoms with E-state index < -0.39 is 16.4 Å². The van der Waals surface area contributed by atoms with E-state index in [0.29, 0.717) is 17.5 Å². The molecule has 0 spiro atoms. The zero-order valence-electron chi connectivity index (χ0n) is 11.1. The van der Waals surface area contributed by atoms with Crippen LogP contribution in [-0.4, -0.2) is 16.2 Å².